The molecule has 1 atom stereocenters. The molecule has 0 aromatic heterocycles. The standard InChI is InChI=1S/C18H22N2O2/c1-13-8-9-16(15-7-5-6-14(10-15)11-19)20(12-13)17(21)22-18(2,3)4/h5-7,9-10,13H,8,12H2,1-4H3/t13-/m0/s1. The van der Waals surface area contributed by atoms with Gasteiger partial charge in [0.1, 0.15) is 5.60 Å². The molecule has 1 aliphatic heterocycles. The molecule has 0 radical (unpaired) electrons. The van der Waals surface area contributed by atoms with Crippen molar-refractivity contribution >= 4 is 11.8 Å². The number of carbonyl (C=O) groups excluding carboxylic acids is 1. The number of rotatable bonds is 1. The van der Waals surface area contributed by atoms with Crippen LogP contribution >= 0.6 is 0 Å². The van der Waals surface area contributed by atoms with Crippen LogP contribution in [0.4, 0.5) is 4.79 Å². The molecule has 0 fully saturated rings. The number of nitriles is 1. The minimum Gasteiger partial charge on any atom is -0.443 e. The summed E-state index contributed by atoms with van der Waals surface area (Å²) in [4.78, 5) is 14.2. The van der Waals surface area contributed by atoms with Crippen molar-refractivity contribution < 1.29 is 9.53 Å². The summed E-state index contributed by atoms with van der Waals surface area (Å²) in [6.45, 7) is 8.31. The largest absolute Gasteiger partial charge is 0.443 e. The normalized spacial score (nSPS) is 18.4. The van der Waals surface area contributed by atoms with E-state index < -0.39 is 5.60 Å². The Labute approximate surface area is 132 Å². The van der Waals surface area contributed by atoms with Crippen LogP contribution in [0.3, 0.4) is 0 Å². The fraction of sp³-hybridized carbons (Fsp3) is 0.444. The number of ether oxygens (including phenoxy) is 1. The highest BCUT2D eigenvalue weighted by molar-refractivity contribution is 5.83. The molecule has 1 heterocycles. The summed E-state index contributed by atoms with van der Waals surface area (Å²) < 4.78 is 5.51. The fourth-order valence-electron chi connectivity index (χ4n) is 2.42. The van der Waals surface area contributed by atoms with Crippen LogP contribution in [0.25, 0.3) is 5.70 Å². The highest BCUT2D eigenvalue weighted by Gasteiger charge is 2.29. The van der Waals surface area contributed by atoms with Gasteiger partial charge in [-0.15, -0.1) is 0 Å². The number of nitrogens with zero attached hydrogens (tertiary/aromatic N) is 2. The molecule has 4 heteroatoms. The van der Waals surface area contributed by atoms with Crippen LogP contribution < -0.4 is 0 Å². The Morgan fingerprint density at radius 2 is 2.14 bits per heavy atom. The van der Waals surface area contributed by atoms with Crippen molar-refractivity contribution in [1.29, 1.82) is 5.26 Å². The zero-order chi connectivity index (χ0) is 16.3. The van der Waals surface area contributed by atoms with E-state index in [1.54, 1.807) is 17.0 Å². The SMILES string of the molecule is C[C@H]1CC=C(c2cccc(C#N)c2)N(C(=O)OC(C)(C)C)C1. The topological polar surface area (TPSA) is 53.3 Å². The zero-order valence-corrected chi connectivity index (χ0v) is 13.6. The maximum Gasteiger partial charge on any atom is 0.414 e. The third kappa shape index (κ3) is 3.88. The van der Waals surface area contributed by atoms with Crippen LogP contribution in [0.5, 0.6) is 0 Å². The summed E-state index contributed by atoms with van der Waals surface area (Å²) in [6.07, 6.45) is 2.62. The van der Waals surface area contributed by atoms with Crippen LogP contribution in [0.1, 0.15) is 45.2 Å². The maximum atomic E-state index is 12.5. The summed E-state index contributed by atoms with van der Waals surface area (Å²) in [5.74, 6) is 0.385. The molecule has 0 bridgehead atoms. The number of carbonyl (C=O) groups is 1. The molecule has 0 spiro atoms. The molecule has 0 saturated carbocycles. The zero-order valence-electron chi connectivity index (χ0n) is 13.6. The molecule has 116 valence electrons. The van der Waals surface area contributed by atoms with E-state index in [0.29, 0.717) is 18.0 Å². The molecular formula is C18H22N2O2. The Balaban J connectivity index is 2.34. The van der Waals surface area contributed by atoms with Gasteiger partial charge in [0.25, 0.3) is 0 Å². The average molecular weight is 298 g/mol. The Morgan fingerprint density at radius 3 is 2.77 bits per heavy atom. The van der Waals surface area contributed by atoms with Crippen molar-refractivity contribution in [1.82, 2.24) is 4.90 Å². The number of hydrogen-bond acceptors (Lipinski definition) is 3. The van der Waals surface area contributed by atoms with Gasteiger partial charge in [0.05, 0.1) is 17.3 Å². The quantitative estimate of drug-likeness (QED) is 0.781. The first-order valence-corrected chi connectivity index (χ1v) is 7.51. The lowest BCUT2D eigenvalue weighted by molar-refractivity contribution is 0.0327. The Bertz CT molecular complexity index is 635. The predicted molar refractivity (Wildman–Crippen MR) is 85.9 cm³/mol. The Hall–Kier alpha value is -2.28. The first-order valence-electron chi connectivity index (χ1n) is 7.51. The number of benzene rings is 1. The molecule has 1 aliphatic rings. The summed E-state index contributed by atoms with van der Waals surface area (Å²) in [7, 11) is 0. The van der Waals surface area contributed by atoms with Crippen molar-refractivity contribution in [3.05, 3.63) is 41.5 Å². The van der Waals surface area contributed by atoms with Gasteiger partial charge >= 0.3 is 6.09 Å². The molecule has 0 N–H and O–H groups in total. The second-order valence-electron chi connectivity index (χ2n) is 6.71. The molecule has 2 rings (SSSR count). The van der Waals surface area contributed by atoms with E-state index >= 15 is 0 Å². The van der Waals surface area contributed by atoms with Crippen molar-refractivity contribution in [2.75, 3.05) is 6.54 Å². The van der Waals surface area contributed by atoms with Crippen molar-refractivity contribution in [3.63, 3.8) is 0 Å². The van der Waals surface area contributed by atoms with E-state index in [2.05, 4.69) is 19.1 Å². The Kier molecular flexibility index (Phi) is 4.56. The first-order chi connectivity index (χ1) is 10.3. The molecule has 1 aromatic rings. The van der Waals surface area contributed by atoms with E-state index in [0.717, 1.165) is 17.7 Å². The molecule has 1 amide bonds. The third-order valence-electron chi connectivity index (χ3n) is 3.40. The smallest absolute Gasteiger partial charge is 0.414 e. The second kappa shape index (κ2) is 6.23. The van der Waals surface area contributed by atoms with Crippen molar-refractivity contribution in [3.8, 4) is 6.07 Å². The predicted octanol–water partition coefficient (Wildman–Crippen LogP) is 4.18. The average Bonchev–Trinajstić information content (AvgIpc) is 2.45. The molecule has 0 unspecified atom stereocenters. The lowest BCUT2D eigenvalue weighted by atomic mass is 9.98. The maximum absolute atomic E-state index is 12.5. The van der Waals surface area contributed by atoms with Gasteiger partial charge in [0, 0.05) is 6.54 Å². The number of hydrogen-bond donors (Lipinski definition) is 0. The highest BCUT2D eigenvalue weighted by atomic mass is 16.6. The summed E-state index contributed by atoms with van der Waals surface area (Å²) >= 11 is 0. The van der Waals surface area contributed by atoms with Crippen LogP contribution in [-0.4, -0.2) is 23.1 Å². The van der Waals surface area contributed by atoms with Gasteiger partial charge in [0.15, 0.2) is 0 Å². The van der Waals surface area contributed by atoms with Crippen LogP contribution in [0.15, 0.2) is 30.3 Å². The van der Waals surface area contributed by atoms with E-state index in [4.69, 9.17) is 10.00 Å². The number of allylic oxidation sites excluding steroid dienone is 1. The first kappa shape index (κ1) is 16.1. The van der Waals surface area contributed by atoms with Gasteiger partial charge in [-0.25, -0.2) is 4.79 Å². The van der Waals surface area contributed by atoms with Crippen molar-refractivity contribution in [2.45, 2.75) is 39.7 Å². The second-order valence-corrected chi connectivity index (χ2v) is 6.71. The summed E-state index contributed by atoms with van der Waals surface area (Å²) in [5.41, 5.74) is 1.75. The third-order valence-corrected chi connectivity index (χ3v) is 3.40. The van der Waals surface area contributed by atoms with Crippen molar-refractivity contribution in [2.24, 2.45) is 5.92 Å². The fourth-order valence-corrected chi connectivity index (χ4v) is 2.42. The minimum absolute atomic E-state index is 0.340. The summed E-state index contributed by atoms with van der Waals surface area (Å²) in [5, 5.41) is 9.06. The molecule has 4 nitrogen and oxygen atoms in total. The summed E-state index contributed by atoms with van der Waals surface area (Å²) in [6, 6.07) is 9.45. The van der Waals surface area contributed by atoms with E-state index in [9.17, 15) is 4.79 Å². The van der Waals surface area contributed by atoms with Crippen LogP contribution in [0.2, 0.25) is 0 Å². The minimum atomic E-state index is -0.530. The van der Waals surface area contributed by atoms with Gasteiger partial charge in [-0.1, -0.05) is 25.1 Å². The Morgan fingerprint density at radius 1 is 1.41 bits per heavy atom. The van der Waals surface area contributed by atoms with E-state index in [1.165, 1.54) is 0 Å². The molecule has 22 heavy (non-hydrogen) atoms. The van der Waals surface area contributed by atoms with E-state index in [-0.39, 0.29) is 6.09 Å². The lowest BCUT2D eigenvalue weighted by Gasteiger charge is -2.34. The lowest BCUT2D eigenvalue weighted by Crippen LogP contribution is -2.39. The number of amides is 1. The van der Waals surface area contributed by atoms with Gasteiger partial charge in [-0.05, 0) is 50.8 Å². The molecular weight excluding hydrogens is 276 g/mol. The van der Waals surface area contributed by atoms with Gasteiger partial charge < -0.3 is 4.74 Å². The molecule has 0 aliphatic carbocycles. The molecule has 1 aromatic carbocycles. The van der Waals surface area contributed by atoms with Crippen LogP contribution in [-0.2, 0) is 4.74 Å². The highest BCUT2D eigenvalue weighted by Crippen LogP contribution is 2.29. The monoisotopic (exact) mass is 298 g/mol. The van der Waals surface area contributed by atoms with Crippen LogP contribution in [0, 0.1) is 17.2 Å². The van der Waals surface area contributed by atoms with Gasteiger partial charge in [-0.2, -0.15) is 5.26 Å². The van der Waals surface area contributed by atoms with Gasteiger partial charge in [-0.3, -0.25) is 4.90 Å². The molecule has 0 saturated heterocycles. The van der Waals surface area contributed by atoms with Gasteiger partial charge in [0.2, 0.25) is 0 Å². The van der Waals surface area contributed by atoms with E-state index in [1.807, 2.05) is 32.9 Å².